The molecular formula is C26H22N8O2. The summed E-state index contributed by atoms with van der Waals surface area (Å²) in [6.45, 7) is 3.90. The van der Waals surface area contributed by atoms with Gasteiger partial charge < -0.3 is 15.2 Å². The summed E-state index contributed by atoms with van der Waals surface area (Å²) in [6, 6.07) is 19.0. The molecule has 0 atom stereocenters. The topological polar surface area (TPSA) is 132 Å². The van der Waals surface area contributed by atoms with Crippen LogP contribution >= 0.6 is 0 Å². The second kappa shape index (κ2) is 10.1. The highest BCUT2D eigenvalue weighted by atomic mass is 16.5. The highest BCUT2D eigenvalue weighted by molar-refractivity contribution is 5.92. The van der Waals surface area contributed by atoms with Gasteiger partial charge in [0.1, 0.15) is 11.5 Å². The number of pyridine rings is 2. The van der Waals surface area contributed by atoms with Gasteiger partial charge in [0.15, 0.2) is 5.82 Å². The van der Waals surface area contributed by atoms with Crippen molar-refractivity contribution in [3.05, 3.63) is 95.9 Å². The molecule has 0 aliphatic carbocycles. The highest BCUT2D eigenvalue weighted by Gasteiger charge is 2.11. The van der Waals surface area contributed by atoms with Crippen molar-refractivity contribution in [1.82, 2.24) is 35.4 Å². The van der Waals surface area contributed by atoms with E-state index >= 15 is 0 Å². The van der Waals surface area contributed by atoms with Crippen molar-refractivity contribution >= 4 is 17.7 Å². The molecule has 0 bridgehead atoms. The third-order valence-corrected chi connectivity index (χ3v) is 5.22. The number of nitrogens with one attached hydrogen (secondary N) is 2. The molecule has 0 aliphatic rings. The number of hydrogen-bond donors (Lipinski definition) is 2. The lowest BCUT2D eigenvalue weighted by Crippen LogP contribution is -2.23. The van der Waals surface area contributed by atoms with Crippen LogP contribution in [0.4, 0.5) is 11.8 Å². The Morgan fingerprint density at radius 2 is 1.75 bits per heavy atom. The van der Waals surface area contributed by atoms with E-state index in [1.807, 2.05) is 49.4 Å². The fourth-order valence-corrected chi connectivity index (χ4v) is 3.47. The summed E-state index contributed by atoms with van der Waals surface area (Å²) in [6.07, 6.45) is 3.33. The number of carbonyl (C=O) groups excluding carboxylic acids is 1. The normalized spacial score (nSPS) is 10.7. The molecule has 1 aromatic carbocycles. The molecule has 5 aromatic rings. The summed E-state index contributed by atoms with van der Waals surface area (Å²) in [5, 5.41) is 9.68. The van der Waals surface area contributed by atoms with E-state index in [1.165, 1.54) is 0 Å². The van der Waals surface area contributed by atoms with Gasteiger partial charge in [-0.1, -0.05) is 36.4 Å². The minimum absolute atomic E-state index is 0.284. The van der Waals surface area contributed by atoms with E-state index in [4.69, 9.17) is 4.52 Å². The Hall–Kier alpha value is -4.99. The van der Waals surface area contributed by atoms with Crippen LogP contribution in [0.1, 0.15) is 27.6 Å². The van der Waals surface area contributed by atoms with Gasteiger partial charge in [-0.25, -0.2) is 9.97 Å². The monoisotopic (exact) mass is 478 g/mol. The van der Waals surface area contributed by atoms with E-state index < -0.39 is 0 Å². The SMILES string of the molecule is Cc1cc(Nc2noc(C)n2)nc(-c2ccc(C(=O)NCc3ccc(-c4ccccc4)nc3)nc2)n1. The number of benzene rings is 1. The third kappa shape index (κ3) is 5.39. The number of aryl methyl sites for hydroxylation is 2. The molecule has 0 aliphatic heterocycles. The van der Waals surface area contributed by atoms with Crippen LogP contribution in [0, 0.1) is 13.8 Å². The van der Waals surface area contributed by atoms with E-state index in [1.54, 1.807) is 37.5 Å². The lowest BCUT2D eigenvalue weighted by molar-refractivity contribution is 0.0946. The second-order valence-corrected chi connectivity index (χ2v) is 8.01. The molecule has 0 saturated heterocycles. The first-order chi connectivity index (χ1) is 17.5. The van der Waals surface area contributed by atoms with Crippen molar-refractivity contribution in [2.75, 3.05) is 5.32 Å². The van der Waals surface area contributed by atoms with Crippen LogP contribution in [0.2, 0.25) is 0 Å². The predicted octanol–water partition coefficient (Wildman–Crippen LogP) is 4.27. The third-order valence-electron chi connectivity index (χ3n) is 5.22. The number of carbonyl (C=O) groups is 1. The molecule has 5 rings (SSSR count). The molecule has 2 N–H and O–H groups in total. The minimum Gasteiger partial charge on any atom is -0.347 e. The molecule has 10 heteroatoms. The van der Waals surface area contributed by atoms with Crippen LogP contribution in [0.5, 0.6) is 0 Å². The average molecular weight is 479 g/mol. The van der Waals surface area contributed by atoms with Gasteiger partial charge in [-0.3, -0.25) is 14.8 Å². The Balaban J connectivity index is 1.23. The standard InChI is InChI=1S/C26H22N8O2/c1-16-12-23(33-26-31-17(2)36-34-26)32-24(30-16)20-9-11-22(28-15-20)25(35)29-14-18-8-10-21(27-13-18)19-6-4-3-5-7-19/h3-13,15H,14H2,1-2H3,(H,29,35)(H,30,32,33,34). The first-order valence-corrected chi connectivity index (χ1v) is 11.2. The Morgan fingerprint density at radius 3 is 2.44 bits per heavy atom. The number of hydrogen-bond acceptors (Lipinski definition) is 9. The van der Waals surface area contributed by atoms with Crippen molar-refractivity contribution in [3.63, 3.8) is 0 Å². The van der Waals surface area contributed by atoms with Crippen LogP contribution in [-0.4, -0.2) is 36.0 Å². The Bertz CT molecular complexity index is 1480. The molecule has 0 spiro atoms. The van der Waals surface area contributed by atoms with E-state index in [-0.39, 0.29) is 5.91 Å². The van der Waals surface area contributed by atoms with Crippen molar-refractivity contribution < 1.29 is 9.32 Å². The summed E-state index contributed by atoms with van der Waals surface area (Å²) < 4.78 is 4.97. The van der Waals surface area contributed by atoms with Crippen LogP contribution < -0.4 is 10.6 Å². The van der Waals surface area contributed by atoms with E-state index in [0.29, 0.717) is 41.3 Å². The minimum atomic E-state index is -0.284. The smallest absolute Gasteiger partial charge is 0.270 e. The Morgan fingerprint density at radius 1 is 0.889 bits per heavy atom. The molecule has 0 saturated carbocycles. The lowest BCUT2D eigenvalue weighted by atomic mass is 10.1. The van der Waals surface area contributed by atoms with Crippen LogP contribution in [0.15, 0.2) is 77.6 Å². The molecule has 0 fully saturated rings. The van der Waals surface area contributed by atoms with E-state index in [9.17, 15) is 4.79 Å². The van der Waals surface area contributed by atoms with Gasteiger partial charge in [0, 0.05) is 48.7 Å². The van der Waals surface area contributed by atoms with Crippen LogP contribution in [-0.2, 0) is 6.54 Å². The Kier molecular flexibility index (Phi) is 6.39. The number of anilines is 2. The zero-order valence-electron chi connectivity index (χ0n) is 19.6. The van der Waals surface area contributed by atoms with E-state index in [0.717, 1.165) is 22.5 Å². The zero-order chi connectivity index (χ0) is 24.9. The largest absolute Gasteiger partial charge is 0.347 e. The van der Waals surface area contributed by atoms with Gasteiger partial charge in [-0.05, 0) is 35.8 Å². The second-order valence-electron chi connectivity index (χ2n) is 8.01. The zero-order valence-corrected chi connectivity index (χ0v) is 19.6. The first-order valence-electron chi connectivity index (χ1n) is 11.2. The molecule has 4 heterocycles. The maximum absolute atomic E-state index is 12.6. The fraction of sp³-hybridized carbons (Fsp3) is 0.115. The maximum Gasteiger partial charge on any atom is 0.270 e. The predicted molar refractivity (Wildman–Crippen MR) is 133 cm³/mol. The van der Waals surface area contributed by atoms with Gasteiger partial charge >= 0.3 is 0 Å². The number of aromatic nitrogens is 6. The number of rotatable bonds is 7. The summed E-state index contributed by atoms with van der Waals surface area (Å²) in [5.74, 6) is 1.45. The molecule has 0 unspecified atom stereocenters. The lowest BCUT2D eigenvalue weighted by Gasteiger charge is -2.08. The first kappa shape index (κ1) is 22.8. The van der Waals surface area contributed by atoms with Gasteiger partial charge in [0.25, 0.3) is 11.9 Å². The highest BCUT2D eigenvalue weighted by Crippen LogP contribution is 2.20. The Labute approximate surface area is 206 Å². The van der Waals surface area contributed by atoms with Crippen molar-refractivity contribution in [2.24, 2.45) is 0 Å². The van der Waals surface area contributed by atoms with Crippen molar-refractivity contribution in [3.8, 4) is 22.6 Å². The molecule has 10 nitrogen and oxygen atoms in total. The van der Waals surface area contributed by atoms with Crippen molar-refractivity contribution in [1.29, 1.82) is 0 Å². The number of amides is 1. The van der Waals surface area contributed by atoms with Crippen LogP contribution in [0.3, 0.4) is 0 Å². The average Bonchev–Trinajstić information content (AvgIpc) is 3.32. The van der Waals surface area contributed by atoms with Gasteiger partial charge in [-0.15, -0.1) is 0 Å². The maximum atomic E-state index is 12.6. The molecule has 0 radical (unpaired) electrons. The molecule has 178 valence electrons. The summed E-state index contributed by atoms with van der Waals surface area (Å²) in [7, 11) is 0. The molecule has 36 heavy (non-hydrogen) atoms. The van der Waals surface area contributed by atoms with E-state index in [2.05, 4.69) is 40.7 Å². The summed E-state index contributed by atoms with van der Waals surface area (Å²) >= 11 is 0. The molecule has 4 aromatic heterocycles. The summed E-state index contributed by atoms with van der Waals surface area (Å²) in [5.41, 5.74) is 4.53. The summed E-state index contributed by atoms with van der Waals surface area (Å²) in [4.78, 5) is 34.5. The fourth-order valence-electron chi connectivity index (χ4n) is 3.47. The van der Waals surface area contributed by atoms with Gasteiger partial charge in [0.2, 0.25) is 5.89 Å². The molecular weight excluding hydrogens is 456 g/mol. The van der Waals surface area contributed by atoms with Crippen molar-refractivity contribution in [2.45, 2.75) is 20.4 Å². The number of nitrogens with zero attached hydrogens (tertiary/aromatic N) is 6. The van der Waals surface area contributed by atoms with Gasteiger partial charge in [0.05, 0.1) is 5.69 Å². The van der Waals surface area contributed by atoms with Gasteiger partial charge in [-0.2, -0.15) is 4.98 Å². The quantitative estimate of drug-likeness (QED) is 0.352. The van der Waals surface area contributed by atoms with Crippen LogP contribution in [0.25, 0.3) is 22.6 Å². The molecule has 1 amide bonds.